The van der Waals surface area contributed by atoms with Crippen LogP contribution in [0.15, 0.2) is 28.8 Å². The second-order valence-electron chi connectivity index (χ2n) is 6.46. The largest absolute Gasteiger partial charge is 0.379 e. The quantitative estimate of drug-likeness (QED) is 0.775. The number of benzene rings is 1. The molecule has 1 aromatic heterocycles. The van der Waals surface area contributed by atoms with Crippen LogP contribution in [0.2, 0.25) is 0 Å². The van der Waals surface area contributed by atoms with Gasteiger partial charge in [-0.25, -0.2) is 4.79 Å². The maximum Gasteiger partial charge on any atom is 0.319 e. The lowest BCUT2D eigenvalue weighted by Crippen LogP contribution is -2.49. The van der Waals surface area contributed by atoms with Crippen molar-refractivity contribution in [3.63, 3.8) is 0 Å². The summed E-state index contributed by atoms with van der Waals surface area (Å²) < 4.78 is 10.7. The summed E-state index contributed by atoms with van der Waals surface area (Å²) in [6.07, 6.45) is 1.66. The Balaban J connectivity index is 1.60. The Labute approximate surface area is 159 Å². The predicted octanol–water partition coefficient (Wildman–Crippen LogP) is 2.53. The fraction of sp³-hybridized carbons (Fsp3) is 0.526. The number of aryl methyl sites for hydroxylation is 1. The van der Waals surface area contributed by atoms with Gasteiger partial charge in [0.05, 0.1) is 24.5 Å². The summed E-state index contributed by atoms with van der Waals surface area (Å²) in [7, 11) is 0. The fourth-order valence-electron chi connectivity index (χ4n) is 3.14. The fourth-order valence-corrected chi connectivity index (χ4v) is 3.14. The molecule has 0 saturated carbocycles. The van der Waals surface area contributed by atoms with Gasteiger partial charge in [0.1, 0.15) is 0 Å². The number of urea groups is 1. The van der Waals surface area contributed by atoms with Crippen LogP contribution in [-0.2, 0) is 11.2 Å². The van der Waals surface area contributed by atoms with Crippen molar-refractivity contribution in [1.82, 2.24) is 20.4 Å². The molecule has 2 amide bonds. The molecular formula is C19H27N5O3. The number of carbonyl (C=O) groups excluding carboxylic acids is 1. The van der Waals surface area contributed by atoms with E-state index < -0.39 is 0 Å². The van der Waals surface area contributed by atoms with Gasteiger partial charge < -0.3 is 19.9 Å². The minimum Gasteiger partial charge on any atom is -0.379 e. The summed E-state index contributed by atoms with van der Waals surface area (Å²) in [5.41, 5.74) is 1.35. The van der Waals surface area contributed by atoms with Gasteiger partial charge in [-0.2, -0.15) is 4.98 Å². The number of nitrogens with one attached hydrogen (secondary N) is 2. The van der Waals surface area contributed by atoms with E-state index in [9.17, 15) is 4.79 Å². The van der Waals surface area contributed by atoms with Gasteiger partial charge in [0.2, 0.25) is 0 Å². The Morgan fingerprint density at radius 2 is 2.04 bits per heavy atom. The third-order valence-electron chi connectivity index (χ3n) is 4.72. The smallest absolute Gasteiger partial charge is 0.319 e. The molecule has 0 bridgehead atoms. The van der Waals surface area contributed by atoms with E-state index in [1.165, 1.54) is 0 Å². The van der Waals surface area contributed by atoms with Gasteiger partial charge in [-0.3, -0.25) is 4.90 Å². The molecule has 3 rings (SSSR count). The van der Waals surface area contributed by atoms with Gasteiger partial charge in [-0.1, -0.05) is 31.1 Å². The summed E-state index contributed by atoms with van der Waals surface area (Å²) >= 11 is 0. The number of hydrogen-bond donors (Lipinski definition) is 2. The molecule has 1 fully saturated rings. The van der Waals surface area contributed by atoms with E-state index >= 15 is 0 Å². The molecule has 1 aliphatic heterocycles. The minimum atomic E-state index is -0.246. The van der Waals surface area contributed by atoms with Crippen molar-refractivity contribution in [2.24, 2.45) is 0 Å². The van der Waals surface area contributed by atoms with E-state index in [1.54, 1.807) is 0 Å². The molecule has 2 aromatic rings. The minimum absolute atomic E-state index is 0.246. The van der Waals surface area contributed by atoms with Gasteiger partial charge in [-0.15, -0.1) is 0 Å². The van der Waals surface area contributed by atoms with Gasteiger partial charge >= 0.3 is 6.03 Å². The third-order valence-corrected chi connectivity index (χ3v) is 4.72. The van der Waals surface area contributed by atoms with Gasteiger partial charge in [0.15, 0.2) is 5.82 Å². The van der Waals surface area contributed by atoms with Crippen LogP contribution in [0.5, 0.6) is 0 Å². The molecule has 0 aliphatic carbocycles. The SMILES string of the molecule is CCc1noc(-c2ccccc2NC(=O)NC[C@@H](CC)N2CCOCC2)n1. The summed E-state index contributed by atoms with van der Waals surface area (Å²) in [6, 6.07) is 7.47. The lowest BCUT2D eigenvalue weighted by molar-refractivity contribution is 0.0165. The summed E-state index contributed by atoms with van der Waals surface area (Å²) in [5.74, 6) is 1.04. The number of rotatable bonds is 7. The molecule has 1 saturated heterocycles. The van der Waals surface area contributed by atoms with Crippen molar-refractivity contribution >= 4 is 11.7 Å². The molecule has 8 heteroatoms. The number of aromatic nitrogens is 2. The first-order valence-corrected chi connectivity index (χ1v) is 9.49. The van der Waals surface area contributed by atoms with E-state index in [1.807, 2.05) is 31.2 Å². The Morgan fingerprint density at radius 3 is 2.74 bits per heavy atom. The van der Waals surface area contributed by atoms with Crippen molar-refractivity contribution in [2.75, 3.05) is 38.2 Å². The van der Waals surface area contributed by atoms with E-state index in [0.29, 0.717) is 42.0 Å². The second-order valence-corrected chi connectivity index (χ2v) is 6.46. The molecule has 2 heterocycles. The van der Waals surface area contributed by atoms with Gasteiger partial charge in [0.25, 0.3) is 5.89 Å². The average Bonchev–Trinajstić information content (AvgIpc) is 3.19. The molecule has 27 heavy (non-hydrogen) atoms. The molecule has 1 atom stereocenters. The number of nitrogens with zero attached hydrogens (tertiary/aromatic N) is 3. The standard InChI is InChI=1S/C19H27N5O3/c1-3-14(24-9-11-26-12-10-24)13-20-19(25)21-16-8-6-5-7-15(16)18-22-17(4-2)23-27-18/h5-8,14H,3-4,9-13H2,1-2H3,(H2,20,21,25)/t14-/m1/s1. The van der Waals surface area contributed by atoms with Gasteiger partial charge in [0, 0.05) is 32.1 Å². The second kappa shape index (κ2) is 9.48. The molecule has 0 radical (unpaired) electrons. The van der Waals surface area contributed by atoms with Crippen LogP contribution in [0.4, 0.5) is 10.5 Å². The summed E-state index contributed by atoms with van der Waals surface area (Å²) in [4.78, 5) is 19.1. The van der Waals surface area contributed by atoms with E-state index in [4.69, 9.17) is 9.26 Å². The number of amides is 2. The zero-order valence-corrected chi connectivity index (χ0v) is 15.9. The lowest BCUT2D eigenvalue weighted by atomic mass is 10.1. The van der Waals surface area contributed by atoms with E-state index in [2.05, 4.69) is 32.6 Å². The maximum atomic E-state index is 12.4. The molecule has 8 nitrogen and oxygen atoms in total. The first kappa shape index (κ1) is 19.3. The number of anilines is 1. The lowest BCUT2D eigenvalue weighted by Gasteiger charge is -2.34. The highest BCUT2D eigenvalue weighted by Gasteiger charge is 2.20. The summed E-state index contributed by atoms with van der Waals surface area (Å²) in [6.45, 7) is 7.99. The topological polar surface area (TPSA) is 92.5 Å². The molecule has 1 aliphatic rings. The van der Waals surface area contributed by atoms with Crippen LogP contribution in [0, 0.1) is 0 Å². The van der Waals surface area contributed by atoms with Crippen LogP contribution in [0.1, 0.15) is 26.1 Å². The van der Waals surface area contributed by atoms with Crippen molar-refractivity contribution in [3.05, 3.63) is 30.1 Å². The first-order chi connectivity index (χ1) is 13.2. The first-order valence-electron chi connectivity index (χ1n) is 9.49. The maximum absolute atomic E-state index is 12.4. The Kier molecular flexibility index (Phi) is 6.78. The van der Waals surface area contributed by atoms with Crippen LogP contribution < -0.4 is 10.6 Å². The van der Waals surface area contributed by atoms with Crippen LogP contribution in [-0.4, -0.2) is 60.0 Å². The van der Waals surface area contributed by atoms with Crippen molar-refractivity contribution in [1.29, 1.82) is 0 Å². The van der Waals surface area contributed by atoms with E-state index in [0.717, 1.165) is 32.7 Å². The number of morpholine rings is 1. The number of para-hydroxylation sites is 1. The molecule has 1 aromatic carbocycles. The zero-order valence-electron chi connectivity index (χ0n) is 15.9. The number of ether oxygens (including phenoxy) is 1. The molecule has 0 unspecified atom stereocenters. The highest BCUT2D eigenvalue weighted by molar-refractivity contribution is 5.93. The van der Waals surface area contributed by atoms with Crippen molar-refractivity contribution in [2.45, 2.75) is 32.7 Å². The highest BCUT2D eigenvalue weighted by Crippen LogP contribution is 2.26. The molecular weight excluding hydrogens is 346 g/mol. The van der Waals surface area contributed by atoms with Crippen LogP contribution in [0.3, 0.4) is 0 Å². The van der Waals surface area contributed by atoms with Crippen molar-refractivity contribution < 1.29 is 14.1 Å². The third kappa shape index (κ3) is 5.05. The Bertz CT molecular complexity index is 742. The summed E-state index contributed by atoms with van der Waals surface area (Å²) in [5, 5.41) is 9.80. The normalized spacial score (nSPS) is 16.1. The van der Waals surface area contributed by atoms with Gasteiger partial charge in [-0.05, 0) is 18.6 Å². The average molecular weight is 373 g/mol. The number of carbonyl (C=O) groups is 1. The molecule has 146 valence electrons. The molecule has 2 N–H and O–H groups in total. The zero-order chi connectivity index (χ0) is 19.1. The van der Waals surface area contributed by atoms with E-state index in [-0.39, 0.29) is 6.03 Å². The van der Waals surface area contributed by atoms with Crippen molar-refractivity contribution in [3.8, 4) is 11.5 Å². The monoisotopic (exact) mass is 373 g/mol. The predicted molar refractivity (Wildman–Crippen MR) is 103 cm³/mol. The number of hydrogen-bond acceptors (Lipinski definition) is 6. The van der Waals surface area contributed by atoms with Crippen LogP contribution in [0.25, 0.3) is 11.5 Å². The molecule has 0 spiro atoms. The Hall–Kier alpha value is -2.45. The van der Waals surface area contributed by atoms with Crippen LogP contribution >= 0.6 is 0 Å². The highest BCUT2D eigenvalue weighted by atomic mass is 16.5. The Morgan fingerprint density at radius 1 is 1.26 bits per heavy atom.